The van der Waals surface area contributed by atoms with Gasteiger partial charge in [-0.3, -0.25) is 4.79 Å². The molecule has 0 bridgehead atoms. The van der Waals surface area contributed by atoms with Gasteiger partial charge in [0.1, 0.15) is 10.3 Å². The molecular formula is C19H18N4O3S2. The summed E-state index contributed by atoms with van der Waals surface area (Å²) in [5, 5.41) is 13.5. The summed E-state index contributed by atoms with van der Waals surface area (Å²) >= 11 is 2.99. The second-order valence-electron chi connectivity index (χ2n) is 6.86. The molecule has 0 radical (unpaired) electrons. The summed E-state index contributed by atoms with van der Waals surface area (Å²) in [7, 11) is 0. The van der Waals surface area contributed by atoms with Gasteiger partial charge < -0.3 is 19.7 Å². The number of aromatic nitrogens is 2. The quantitative estimate of drug-likeness (QED) is 0.526. The number of anilines is 2. The number of thiazole rings is 1. The van der Waals surface area contributed by atoms with Crippen molar-refractivity contribution in [3.8, 4) is 0 Å². The molecule has 7 nitrogen and oxygen atoms in total. The van der Waals surface area contributed by atoms with Crippen molar-refractivity contribution in [1.29, 1.82) is 0 Å². The lowest BCUT2D eigenvalue weighted by Crippen LogP contribution is -2.35. The molecule has 144 valence electrons. The molecular weight excluding hydrogens is 396 g/mol. The molecule has 1 aromatic carbocycles. The highest BCUT2D eigenvalue weighted by atomic mass is 32.1. The molecule has 0 atom stereocenters. The smallest absolute Gasteiger partial charge is 0.265 e. The number of piperidine rings is 1. The molecule has 4 aromatic rings. The SMILES string of the molecule is Cc1nc2cc(NC(=O)c3cc4sc(N5CCC(O)CC5)nc4s3)ccc2o1. The van der Waals surface area contributed by atoms with Crippen LogP contribution in [0.5, 0.6) is 0 Å². The number of rotatable bonds is 3. The number of benzene rings is 1. The third-order valence-electron chi connectivity index (χ3n) is 4.79. The molecule has 1 saturated heterocycles. The fourth-order valence-electron chi connectivity index (χ4n) is 3.34. The number of hydrogen-bond acceptors (Lipinski definition) is 8. The predicted molar refractivity (Wildman–Crippen MR) is 112 cm³/mol. The summed E-state index contributed by atoms with van der Waals surface area (Å²) in [6.07, 6.45) is 1.35. The standard InChI is InChI=1S/C19H18N4O3S2/c1-10-20-13-8-11(2-3-14(13)26-10)21-17(25)15-9-16-18(27-15)22-19(28-16)23-6-4-12(24)5-7-23/h2-3,8-9,12,24H,4-7H2,1H3,(H,21,25). The van der Waals surface area contributed by atoms with E-state index in [4.69, 9.17) is 9.40 Å². The molecule has 0 unspecified atom stereocenters. The lowest BCUT2D eigenvalue weighted by atomic mass is 10.1. The molecule has 1 amide bonds. The molecule has 5 rings (SSSR count). The van der Waals surface area contributed by atoms with E-state index in [2.05, 4.69) is 15.2 Å². The van der Waals surface area contributed by atoms with E-state index < -0.39 is 0 Å². The second kappa shape index (κ2) is 6.84. The van der Waals surface area contributed by atoms with Crippen molar-refractivity contribution in [2.45, 2.75) is 25.9 Å². The van der Waals surface area contributed by atoms with Crippen LogP contribution < -0.4 is 10.2 Å². The van der Waals surface area contributed by atoms with Crippen molar-refractivity contribution in [1.82, 2.24) is 9.97 Å². The number of fused-ring (bicyclic) bond motifs is 2. The Labute approximate surface area is 168 Å². The van der Waals surface area contributed by atoms with Crippen LogP contribution in [-0.4, -0.2) is 40.2 Å². The number of aliphatic hydroxyl groups is 1. The number of hydrogen-bond donors (Lipinski definition) is 2. The van der Waals surface area contributed by atoms with Crippen LogP contribution in [0.1, 0.15) is 28.4 Å². The summed E-state index contributed by atoms with van der Waals surface area (Å²) in [5.41, 5.74) is 2.11. The minimum absolute atomic E-state index is 0.155. The van der Waals surface area contributed by atoms with Crippen LogP contribution in [0, 0.1) is 6.92 Å². The molecule has 9 heteroatoms. The third-order valence-corrected chi connectivity index (χ3v) is 7.01. The number of thiophene rings is 1. The van der Waals surface area contributed by atoms with Crippen molar-refractivity contribution in [2.24, 2.45) is 0 Å². The largest absolute Gasteiger partial charge is 0.441 e. The Morgan fingerprint density at radius 2 is 2.07 bits per heavy atom. The Hall–Kier alpha value is -2.49. The molecule has 0 aliphatic carbocycles. The van der Waals surface area contributed by atoms with Gasteiger partial charge in [-0.2, -0.15) is 0 Å². The van der Waals surface area contributed by atoms with Gasteiger partial charge in [-0.25, -0.2) is 9.97 Å². The van der Waals surface area contributed by atoms with Crippen molar-refractivity contribution in [2.75, 3.05) is 23.3 Å². The van der Waals surface area contributed by atoms with Gasteiger partial charge >= 0.3 is 0 Å². The molecule has 3 aromatic heterocycles. The number of oxazole rings is 1. The topological polar surface area (TPSA) is 91.5 Å². The number of aryl methyl sites for hydroxylation is 1. The van der Waals surface area contributed by atoms with E-state index in [0.717, 1.165) is 46.1 Å². The molecule has 0 saturated carbocycles. The maximum atomic E-state index is 12.6. The van der Waals surface area contributed by atoms with Crippen molar-refractivity contribution in [3.05, 3.63) is 35.0 Å². The molecule has 1 fully saturated rings. The van der Waals surface area contributed by atoms with E-state index in [0.29, 0.717) is 22.0 Å². The van der Waals surface area contributed by atoms with Crippen LogP contribution in [0.4, 0.5) is 10.8 Å². The van der Waals surface area contributed by atoms with E-state index in [1.54, 1.807) is 30.4 Å². The van der Waals surface area contributed by atoms with Crippen LogP contribution >= 0.6 is 22.7 Å². The van der Waals surface area contributed by atoms with Gasteiger partial charge in [0.05, 0.1) is 15.7 Å². The van der Waals surface area contributed by atoms with Crippen molar-refractivity contribution >= 4 is 60.0 Å². The number of carbonyl (C=O) groups is 1. The van der Waals surface area contributed by atoms with Gasteiger partial charge in [-0.05, 0) is 37.1 Å². The van der Waals surface area contributed by atoms with E-state index in [9.17, 15) is 9.90 Å². The van der Waals surface area contributed by atoms with Gasteiger partial charge in [0.2, 0.25) is 0 Å². The normalized spacial score (nSPS) is 15.6. The Balaban J connectivity index is 1.33. The Morgan fingerprint density at radius 3 is 2.86 bits per heavy atom. The first-order valence-corrected chi connectivity index (χ1v) is 10.7. The van der Waals surface area contributed by atoms with Gasteiger partial charge in [0, 0.05) is 25.7 Å². The summed E-state index contributed by atoms with van der Waals surface area (Å²) in [6, 6.07) is 7.32. The van der Waals surface area contributed by atoms with Crippen molar-refractivity contribution in [3.63, 3.8) is 0 Å². The number of aliphatic hydroxyl groups excluding tert-OH is 1. The third kappa shape index (κ3) is 3.25. The average Bonchev–Trinajstić information content (AvgIpc) is 3.33. The minimum atomic E-state index is -0.201. The highest BCUT2D eigenvalue weighted by Crippen LogP contribution is 2.36. The molecule has 28 heavy (non-hydrogen) atoms. The molecule has 1 aliphatic rings. The van der Waals surface area contributed by atoms with Crippen molar-refractivity contribution < 1.29 is 14.3 Å². The maximum absolute atomic E-state index is 12.6. The zero-order chi connectivity index (χ0) is 19.3. The van der Waals surface area contributed by atoms with E-state index in [-0.39, 0.29) is 12.0 Å². The summed E-state index contributed by atoms with van der Waals surface area (Å²) < 4.78 is 6.48. The molecule has 4 heterocycles. The maximum Gasteiger partial charge on any atom is 0.265 e. The Kier molecular flexibility index (Phi) is 4.30. The summed E-state index contributed by atoms with van der Waals surface area (Å²) in [6.45, 7) is 3.43. The van der Waals surface area contributed by atoms with Gasteiger partial charge in [-0.1, -0.05) is 11.3 Å². The Morgan fingerprint density at radius 1 is 1.25 bits per heavy atom. The highest BCUT2D eigenvalue weighted by Gasteiger charge is 2.21. The number of carbonyl (C=O) groups excluding carboxylic acids is 1. The monoisotopic (exact) mass is 414 g/mol. The van der Waals surface area contributed by atoms with Crippen LogP contribution in [-0.2, 0) is 0 Å². The van der Waals surface area contributed by atoms with E-state index in [1.165, 1.54) is 11.3 Å². The zero-order valence-corrected chi connectivity index (χ0v) is 16.8. The lowest BCUT2D eigenvalue weighted by Gasteiger charge is -2.28. The molecule has 1 aliphatic heterocycles. The van der Waals surface area contributed by atoms with Crippen LogP contribution in [0.2, 0.25) is 0 Å². The fourth-order valence-corrected chi connectivity index (χ4v) is 5.50. The predicted octanol–water partition coefficient (Wildman–Crippen LogP) is 4.02. The Bertz CT molecular complexity index is 1140. The minimum Gasteiger partial charge on any atom is -0.441 e. The molecule has 0 spiro atoms. The first-order valence-electron chi connectivity index (χ1n) is 9.07. The number of nitrogens with one attached hydrogen (secondary N) is 1. The van der Waals surface area contributed by atoms with Gasteiger partial charge in [-0.15, -0.1) is 11.3 Å². The van der Waals surface area contributed by atoms with Crippen LogP contribution in [0.15, 0.2) is 28.7 Å². The number of amides is 1. The van der Waals surface area contributed by atoms with Gasteiger partial charge in [0.15, 0.2) is 16.6 Å². The van der Waals surface area contributed by atoms with Crippen LogP contribution in [0.3, 0.4) is 0 Å². The highest BCUT2D eigenvalue weighted by molar-refractivity contribution is 7.29. The number of nitrogens with zero attached hydrogens (tertiary/aromatic N) is 3. The summed E-state index contributed by atoms with van der Waals surface area (Å²) in [4.78, 5) is 25.3. The fraction of sp³-hybridized carbons (Fsp3) is 0.316. The van der Waals surface area contributed by atoms with Crippen LogP contribution in [0.25, 0.3) is 20.6 Å². The summed E-state index contributed by atoms with van der Waals surface area (Å²) in [5.74, 6) is 0.444. The first kappa shape index (κ1) is 17.6. The van der Waals surface area contributed by atoms with E-state index in [1.807, 2.05) is 12.1 Å². The first-order chi connectivity index (χ1) is 13.5. The van der Waals surface area contributed by atoms with E-state index >= 15 is 0 Å². The second-order valence-corrected chi connectivity index (χ2v) is 8.90. The average molecular weight is 415 g/mol. The zero-order valence-electron chi connectivity index (χ0n) is 15.1. The molecule has 2 N–H and O–H groups in total. The van der Waals surface area contributed by atoms with Gasteiger partial charge in [0.25, 0.3) is 5.91 Å². The lowest BCUT2D eigenvalue weighted by molar-refractivity contribution is 0.103.